The average Bonchev–Trinajstić information content (AvgIpc) is 3.76. The molecule has 0 saturated heterocycles. The molecular formula is C31H22Br2N8. The number of hydrogen-bond donors (Lipinski definition) is 1. The molecule has 200 valence electrons. The van der Waals surface area contributed by atoms with Crippen molar-refractivity contribution in [2.24, 2.45) is 0 Å². The van der Waals surface area contributed by atoms with Gasteiger partial charge in [0.1, 0.15) is 33.5 Å². The lowest BCUT2D eigenvalue weighted by molar-refractivity contribution is 0.962. The number of nitrogens with one attached hydrogen (secondary N) is 1. The molecule has 8 rings (SSSR count). The van der Waals surface area contributed by atoms with Crippen LogP contribution in [0.1, 0.15) is 0 Å². The maximum absolute atomic E-state index is 4.80. The maximum Gasteiger partial charge on any atom is 0.140 e. The number of fused-ring (bicyclic) bond motifs is 3. The second-order valence-corrected chi connectivity index (χ2v) is 10.4. The van der Waals surface area contributed by atoms with Gasteiger partial charge >= 0.3 is 0 Å². The summed E-state index contributed by atoms with van der Waals surface area (Å²) in [4.78, 5) is 24.8. The molecule has 0 aliphatic carbocycles. The summed E-state index contributed by atoms with van der Waals surface area (Å²) in [6.07, 6.45) is 5.32. The minimum absolute atomic E-state index is 0.832. The third-order valence-corrected chi connectivity index (χ3v) is 7.01. The van der Waals surface area contributed by atoms with Gasteiger partial charge in [-0.1, -0.05) is 48.5 Å². The number of para-hydroxylation sites is 6. The predicted molar refractivity (Wildman–Crippen MR) is 169 cm³/mol. The Hall–Kier alpha value is -4.67. The van der Waals surface area contributed by atoms with Gasteiger partial charge in [-0.25, -0.2) is 24.9 Å². The summed E-state index contributed by atoms with van der Waals surface area (Å²) in [5.41, 5.74) is 6.11. The van der Waals surface area contributed by atoms with Crippen molar-refractivity contribution in [3.05, 3.63) is 137 Å². The van der Waals surface area contributed by atoms with Crippen LogP contribution >= 0.6 is 31.9 Å². The van der Waals surface area contributed by atoms with Crippen molar-refractivity contribution in [1.29, 1.82) is 0 Å². The van der Waals surface area contributed by atoms with Gasteiger partial charge in [-0.2, -0.15) is 0 Å². The van der Waals surface area contributed by atoms with Crippen molar-refractivity contribution in [2.75, 3.05) is 0 Å². The zero-order valence-corrected chi connectivity index (χ0v) is 24.7. The molecule has 0 atom stereocenters. The largest absolute Gasteiger partial charge is 0.345 e. The Kier molecular flexibility index (Phi) is 7.92. The van der Waals surface area contributed by atoms with E-state index < -0.39 is 0 Å². The number of nitrogens with zero attached hydrogens (tertiary/aromatic N) is 7. The van der Waals surface area contributed by atoms with Crippen LogP contribution in [0, 0.1) is 0 Å². The van der Waals surface area contributed by atoms with Gasteiger partial charge in [-0.3, -0.25) is 9.13 Å². The molecule has 41 heavy (non-hydrogen) atoms. The van der Waals surface area contributed by atoms with Gasteiger partial charge < -0.3 is 4.98 Å². The van der Waals surface area contributed by atoms with E-state index >= 15 is 0 Å². The molecule has 0 aliphatic rings. The van der Waals surface area contributed by atoms with Gasteiger partial charge in [0.25, 0.3) is 0 Å². The number of aromatic nitrogens is 8. The SMILES string of the molecule is Brc1cccc(Br)n1.c1cc(-n2cnc3ccccc32)nc(-n2cnc3ccccc32)c1.c1ccc2[nH]cnc2c1. The van der Waals surface area contributed by atoms with Gasteiger partial charge in [0.05, 0.1) is 39.4 Å². The molecule has 5 heterocycles. The molecule has 0 amide bonds. The van der Waals surface area contributed by atoms with Crippen molar-refractivity contribution in [3.63, 3.8) is 0 Å². The standard InChI is InChI=1S/C19H13N5.C7H6N2.C5H3Br2N/c1-3-8-16-14(6-1)20-12-23(16)18-10-5-11-19(22-18)24-13-21-15-7-2-4-9-17(15)24;1-2-4-7-6(3-1)8-5-9-7;6-4-2-1-3-5(7)8-4/h1-13H;1-5H,(H,8,9);1-3H. The quantitative estimate of drug-likeness (QED) is 0.189. The van der Waals surface area contributed by atoms with Crippen molar-refractivity contribution in [3.8, 4) is 11.6 Å². The third kappa shape index (κ3) is 6.08. The zero-order valence-electron chi connectivity index (χ0n) is 21.5. The topological polar surface area (TPSA) is 90.1 Å². The molecule has 0 bridgehead atoms. The van der Waals surface area contributed by atoms with Crippen LogP contribution in [0.4, 0.5) is 0 Å². The predicted octanol–water partition coefficient (Wildman–Crippen LogP) is 7.93. The molecule has 10 heteroatoms. The van der Waals surface area contributed by atoms with E-state index in [9.17, 15) is 0 Å². The molecule has 8 aromatic rings. The molecule has 0 spiro atoms. The lowest BCUT2D eigenvalue weighted by Gasteiger charge is -2.07. The Balaban J connectivity index is 0.000000145. The summed E-state index contributed by atoms with van der Waals surface area (Å²) in [6.45, 7) is 0. The van der Waals surface area contributed by atoms with Crippen molar-refractivity contribution in [2.45, 2.75) is 0 Å². The lowest BCUT2D eigenvalue weighted by Crippen LogP contribution is -2.01. The number of hydrogen-bond acceptors (Lipinski definition) is 5. The molecule has 0 saturated carbocycles. The van der Waals surface area contributed by atoms with Gasteiger partial charge in [-0.05, 0) is 92.5 Å². The first-order valence-corrected chi connectivity index (χ1v) is 14.2. The van der Waals surface area contributed by atoms with Crippen LogP contribution in [0.2, 0.25) is 0 Å². The van der Waals surface area contributed by atoms with Crippen LogP contribution in [-0.4, -0.2) is 39.0 Å². The first kappa shape index (κ1) is 26.5. The second-order valence-electron chi connectivity index (χ2n) is 8.76. The first-order valence-electron chi connectivity index (χ1n) is 12.6. The fraction of sp³-hybridized carbons (Fsp3) is 0. The van der Waals surface area contributed by atoms with Crippen LogP contribution in [0.25, 0.3) is 44.7 Å². The summed E-state index contributed by atoms with van der Waals surface area (Å²) in [6, 6.07) is 35.7. The fourth-order valence-corrected chi connectivity index (χ4v) is 5.15. The highest BCUT2D eigenvalue weighted by molar-refractivity contribution is 9.11. The highest BCUT2D eigenvalue weighted by Gasteiger charge is 2.09. The van der Waals surface area contributed by atoms with E-state index in [0.717, 1.165) is 53.9 Å². The van der Waals surface area contributed by atoms with Gasteiger partial charge in [0.2, 0.25) is 0 Å². The van der Waals surface area contributed by atoms with Crippen LogP contribution in [0.15, 0.2) is 137 Å². The van der Waals surface area contributed by atoms with Gasteiger partial charge in [0, 0.05) is 0 Å². The zero-order chi connectivity index (χ0) is 28.0. The first-order chi connectivity index (χ1) is 20.2. The minimum Gasteiger partial charge on any atom is -0.345 e. The van der Waals surface area contributed by atoms with E-state index in [4.69, 9.17) is 4.98 Å². The molecule has 0 unspecified atom stereocenters. The Labute approximate surface area is 252 Å². The van der Waals surface area contributed by atoms with Crippen molar-refractivity contribution in [1.82, 2.24) is 39.0 Å². The number of rotatable bonds is 2. The summed E-state index contributed by atoms with van der Waals surface area (Å²) >= 11 is 6.44. The Morgan fingerprint density at radius 1 is 0.488 bits per heavy atom. The summed E-state index contributed by atoms with van der Waals surface area (Å²) in [7, 11) is 0. The molecule has 3 aromatic carbocycles. The average molecular weight is 666 g/mol. The number of H-pyrrole nitrogens is 1. The highest BCUT2D eigenvalue weighted by Crippen LogP contribution is 2.20. The Morgan fingerprint density at radius 3 is 1.54 bits per heavy atom. The van der Waals surface area contributed by atoms with Crippen molar-refractivity contribution < 1.29 is 0 Å². The van der Waals surface area contributed by atoms with Crippen molar-refractivity contribution >= 4 is 65.0 Å². The molecule has 0 aliphatic heterocycles. The van der Waals surface area contributed by atoms with E-state index in [1.807, 2.05) is 131 Å². The molecule has 0 radical (unpaired) electrons. The Bertz CT molecular complexity index is 1920. The van der Waals surface area contributed by atoms with E-state index in [1.54, 1.807) is 6.33 Å². The number of benzene rings is 3. The molecule has 5 aromatic heterocycles. The van der Waals surface area contributed by atoms with Crippen LogP contribution in [-0.2, 0) is 0 Å². The third-order valence-electron chi connectivity index (χ3n) is 6.13. The number of aromatic amines is 1. The summed E-state index contributed by atoms with van der Waals surface area (Å²) in [5, 5.41) is 0. The molecule has 1 N–H and O–H groups in total. The van der Waals surface area contributed by atoms with Crippen LogP contribution in [0.3, 0.4) is 0 Å². The number of imidazole rings is 3. The van der Waals surface area contributed by atoms with Crippen LogP contribution < -0.4 is 0 Å². The monoisotopic (exact) mass is 664 g/mol. The van der Waals surface area contributed by atoms with Crippen LogP contribution in [0.5, 0.6) is 0 Å². The molecule has 8 nitrogen and oxygen atoms in total. The fourth-order valence-electron chi connectivity index (χ4n) is 4.23. The van der Waals surface area contributed by atoms with E-state index in [2.05, 4.69) is 56.8 Å². The molecular weight excluding hydrogens is 644 g/mol. The number of halogens is 2. The van der Waals surface area contributed by atoms with Gasteiger partial charge in [0.15, 0.2) is 0 Å². The summed E-state index contributed by atoms with van der Waals surface area (Å²) < 4.78 is 5.70. The van der Waals surface area contributed by atoms with E-state index in [0.29, 0.717) is 0 Å². The van der Waals surface area contributed by atoms with E-state index in [1.165, 1.54) is 0 Å². The molecule has 0 fully saturated rings. The maximum atomic E-state index is 4.80. The summed E-state index contributed by atoms with van der Waals surface area (Å²) in [5.74, 6) is 1.66. The van der Waals surface area contributed by atoms with Gasteiger partial charge in [-0.15, -0.1) is 0 Å². The van der Waals surface area contributed by atoms with E-state index in [-0.39, 0.29) is 0 Å². The minimum atomic E-state index is 0.832. The number of pyridine rings is 2. The smallest absolute Gasteiger partial charge is 0.140 e. The highest BCUT2D eigenvalue weighted by atomic mass is 79.9. The lowest BCUT2D eigenvalue weighted by atomic mass is 10.3. The second kappa shape index (κ2) is 12.2. The Morgan fingerprint density at radius 2 is 1.00 bits per heavy atom. The normalized spacial score (nSPS) is 10.7.